The zero-order chi connectivity index (χ0) is 14.7. The van der Waals surface area contributed by atoms with Gasteiger partial charge in [0.15, 0.2) is 0 Å². The van der Waals surface area contributed by atoms with Crippen molar-refractivity contribution in [3.05, 3.63) is 47.2 Å². The van der Waals surface area contributed by atoms with E-state index in [9.17, 15) is 0 Å². The zero-order valence-electron chi connectivity index (χ0n) is 11.7. The van der Waals surface area contributed by atoms with Gasteiger partial charge in [-0.25, -0.2) is 9.97 Å². The summed E-state index contributed by atoms with van der Waals surface area (Å²) in [5, 5.41) is 0.772. The number of nitrogens with two attached hydrogens (primary N) is 1. The van der Waals surface area contributed by atoms with Crippen LogP contribution in [0.3, 0.4) is 0 Å². The van der Waals surface area contributed by atoms with Gasteiger partial charge in [-0.15, -0.1) is 0 Å². The highest BCUT2D eigenvalue weighted by Gasteiger charge is 2.19. The third kappa shape index (κ3) is 3.25. The molecule has 2 N–H and O–H groups in total. The monoisotopic (exact) mass is 303 g/mol. The van der Waals surface area contributed by atoms with Gasteiger partial charge in [0.05, 0.1) is 5.69 Å². The highest BCUT2D eigenvalue weighted by atomic mass is 35.5. The summed E-state index contributed by atoms with van der Waals surface area (Å²) < 4.78 is 0. The number of benzene rings is 1. The lowest BCUT2D eigenvalue weighted by Gasteiger charge is -2.36. The van der Waals surface area contributed by atoms with E-state index in [2.05, 4.69) is 25.8 Å². The molecule has 1 aromatic carbocycles. The van der Waals surface area contributed by atoms with Crippen molar-refractivity contribution in [3.8, 4) is 0 Å². The van der Waals surface area contributed by atoms with E-state index in [1.54, 1.807) is 6.20 Å². The van der Waals surface area contributed by atoms with Crippen LogP contribution >= 0.6 is 11.6 Å². The van der Waals surface area contributed by atoms with E-state index in [-0.39, 0.29) is 0 Å². The molecule has 0 bridgehead atoms. The van der Waals surface area contributed by atoms with Crippen molar-refractivity contribution in [2.75, 3.05) is 36.0 Å². The third-order valence-corrected chi connectivity index (χ3v) is 3.88. The first-order valence-electron chi connectivity index (χ1n) is 7.04. The molecule has 0 saturated carbocycles. The fourth-order valence-electron chi connectivity index (χ4n) is 2.49. The van der Waals surface area contributed by atoms with E-state index in [0.717, 1.165) is 42.8 Å². The minimum atomic E-state index is 0.442. The summed E-state index contributed by atoms with van der Waals surface area (Å²) in [5.74, 6) is 0.767. The van der Waals surface area contributed by atoms with Crippen LogP contribution in [0.25, 0.3) is 0 Å². The summed E-state index contributed by atoms with van der Waals surface area (Å²) in [6.07, 6.45) is 1.77. The second-order valence-corrected chi connectivity index (χ2v) is 5.44. The Bertz CT molecular complexity index is 611. The predicted molar refractivity (Wildman–Crippen MR) is 85.8 cm³/mol. The number of anilines is 2. The van der Waals surface area contributed by atoms with Crippen molar-refractivity contribution in [2.24, 2.45) is 5.73 Å². The molecular weight excluding hydrogens is 286 g/mol. The Morgan fingerprint density at radius 1 is 1.10 bits per heavy atom. The quantitative estimate of drug-likeness (QED) is 0.939. The zero-order valence-corrected chi connectivity index (χ0v) is 12.5. The van der Waals surface area contributed by atoms with Crippen LogP contribution in [0.2, 0.25) is 5.02 Å². The fourth-order valence-corrected chi connectivity index (χ4v) is 2.67. The molecule has 2 heterocycles. The molecule has 1 fully saturated rings. The van der Waals surface area contributed by atoms with Crippen LogP contribution in [-0.2, 0) is 6.54 Å². The molecule has 1 aliphatic rings. The molecule has 1 saturated heterocycles. The minimum Gasteiger partial charge on any atom is -0.368 e. The number of rotatable bonds is 3. The standard InChI is InChI=1S/C15H18ClN5/c16-12-2-1-3-14(10-12)20-6-8-21(9-7-20)15-18-5-4-13(11-17)19-15/h1-5,10H,6-9,11,17H2. The van der Waals surface area contributed by atoms with Gasteiger partial charge in [-0.1, -0.05) is 17.7 Å². The van der Waals surface area contributed by atoms with Crippen molar-refractivity contribution >= 4 is 23.2 Å². The molecule has 5 nitrogen and oxygen atoms in total. The Kier molecular flexibility index (Phi) is 4.22. The van der Waals surface area contributed by atoms with Gasteiger partial charge < -0.3 is 15.5 Å². The highest BCUT2D eigenvalue weighted by Crippen LogP contribution is 2.21. The van der Waals surface area contributed by atoms with Gasteiger partial charge in [0.1, 0.15) is 0 Å². The van der Waals surface area contributed by atoms with Crippen molar-refractivity contribution in [3.63, 3.8) is 0 Å². The van der Waals surface area contributed by atoms with E-state index >= 15 is 0 Å². The van der Waals surface area contributed by atoms with Gasteiger partial charge >= 0.3 is 0 Å². The Balaban J connectivity index is 1.67. The molecule has 3 rings (SSSR count). The number of aromatic nitrogens is 2. The van der Waals surface area contributed by atoms with Crippen LogP contribution in [0.4, 0.5) is 11.6 Å². The number of hydrogen-bond acceptors (Lipinski definition) is 5. The van der Waals surface area contributed by atoms with Crippen LogP contribution in [0, 0.1) is 0 Å². The summed E-state index contributed by atoms with van der Waals surface area (Å²) in [6, 6.07) is 9.83. The van der Waals surface area contributed by atoms with E-state index in [1.807, 2.05) is 24.3 Å². The molecule has 2 aromatic rings. The van der Waals surface area contributed by atoms with Gasteiger partial charge in [-0.05, 0) is 24.3 Å². The summed E-state index contributed by atoms with van der Waals surface area (Å²) in [4.78, 5) is 13.3. The number of nitrogens with zero attached hydrogens (tertiary/aromatic N) is 4. The van der Waals surface area contributed by atoms with Gasteiger partial charge in [-0.3, -0.25) is 0 Å². The van der Waals surface area contributed by atoms with E-state index in [4.69, 9.17) is 17.3 Å². The summed E-state index contributed by atoms with van der Waals surface area (Å²) in [7, 11) is 0. The first-order chi connectivity index (χ1) is 10.3. The van der Waals surface area contributed by atoms with Gasteiger partial charge in [-0.2, -0.15) is 0 Å². The van der Waals surface area contributed by atoms with Crippen LogP contribution in [0.5, 0.6) is 0 Å². The first kappa shape index (κ1) is 14.1. The SMILES string of the molecule is NCc1ccnc(N2CCN(c3cccc(Cl)c3)CC2)n1. The average molecular weight is 304 g/mol. The predicted octanol–water partition coefficient (Wildman–Crippen LogP) is 1.92. The topological polar surface area (TPSA) is 58.3 Å². The molecular formula is C15H18ClN5. The largest absolute Gasteiger partial charge is 0.368 e. The van der Waals surface area contributed by atoms with E-state index < -0.39 is 0 Å². The molecule has 0 amide bonds. The Hall–Kier alpha value is -1.85. The van der Waals surface area contributed by atoms with Gasteiger partial charge in [0.25, 0.3) is 0 Å². The van der Waals surface area contributed by atoms with Crippen molar-refractivity contribution < 1.29 is 0 Å². The minimum absolute atomic E-state index is 0.442. The molecule has 0 aliphatic carbocycles. The molecule has 0 atom stereocenters. The molecule has 0 unspecified atom stereocenters. The highest BCUT2D eigenvalue weighted by molar-refractivity contribution is 6.30. The Labute approximate surface area is 129 Å². The fraction of sp³-hybridized carbons (Fsp3) is 0.333. The van der Waals surface area contributed by atoms with Crippen LogP contribution in [0.15, 0.2) is 36.5 Å². The lowest BCUT2D eigenvalue weighted by Crippen LogP contribution is -2.47. The van der Waals surface area contributed by atoms with Crippen LogP contribution < -0.4 is 15.5 Å². The second kappa shape index (κ2) is 6.28. The van der Waals surface area contributed by atoms with Gasteiger partial charge in [0, 0.05) is 49.6 Å². The lowest BCUT2D eigenvalue weighted by molar-refractivity contribution is 0.638. The van der Waals surface area contributed by atoms with E-state index in [0.29, 0.717) is 6.54 Å². The lowest BCUT2D eigenvalue weighted by atomic mass is 10.2. The third-order valence-electron chi connectivity index (χ3n) is 3.65. The van der Waals surface area contributed by atoms with Crippen molar-refractivity contribution in [1.29, 1.82) is 0 Å². The maximum atomic E-state index is 6.05. The van der Waals surface area contributed by atoms with E-state index in [1.165, 1.54) is 5.69 Å². The smallest absolute Gasteiger partial charge is 0.225 e. The number of halogens is 1. The summed E-state index contributed by atoms with van der Waals surface area (Å²) in [6.45, 7) is 4.08. The summed E-state index contributed by atoms with van der Waals surface area (Å²) >= 11 is 6.05. The molecule has 6 heteroatoms. The maximum absolute atomic E-state index is 6.05. The summed E-state index contributed by atoms with van der Waals surface area (Å²) in [5.41, 5.74) is 7.67. The molecule has 1 aromatic heterocycles. The first-order valence-corrected chi connectivity index (χ1v) is 7.41. The molecule has 0 spiro atoms. The second-order valence-electron chi connectivity index (χ2n) is 5.01. The average Bonchev–Trinajstić information content (AvgIpc) is 2.55. The molecule has 1 aliphatic heterocycles. The number of hydrogen-bond donors (Lipinski definition) is 1. The van der Waals surface area contributed by atoms with Crippen LogP contribution in [0.1, 0.15) is 5.69 Å². The normalized spacial score (nSPS) is 15.3. The Morgan fingerprint density at radius 3 is 2.57 bits per heavy atom. The van der Waals surface area contributed by atoms with Gasteiger partial charge in [0.2, 0.25) is 5.95 Å². The van der Waals surface area contributed by atoms with Crippen molar-refractivity contribution in [1.82, 2.24) is 9.97 Å². The number of piperazine rings is 1. The molecule has 110 valence electrons. The molecule has 0 radical (unpaired) electrons. The maximum Gasteiger partial charge on any atom is 0.225 e. The van der Waals surface area contributed by atoms with Crippen LogP contribution in [-0.4, -0.2) is 36.1 Å². The van der Waals surface area contributed by atoms with Crippen molar-refractivity contribution in [2.45, 2.75) is 6.54 Å². The Morgan fingerprint density at radius 2 is 1.86 bits per heavy atom. The molecule has 21 heavy (non-hydrogen) atoms.